The quantitative estimate of drug-likeness (QED) is 0.727. The van der Waals surface area contributed by atoms with Crippen molar-refractivity contribution in [3.8, 4) is 11.8 Å². The van der Waals surface area contributed by atoms with E-state index >= 15 is 0 Å². The molecule has 2 aromatic rings. The Balaban J connectivity index is 1.56. The highest BCUT2D eigenvalue weighted by molar-refractivity contribution is 5.94. The summed E-state index contributed by atoms with van der Waals surface area (Å²) >= 11 is 0. The van der Waals surface area contributed by atoms with Gasteiger partial charge in [-0.25, -0.2) is 4.39 Å². The monoisotopic (exact) mass is 436 g/mol. The number of hydrogen-bond donors (Lipinski definition) is 2. The summed E-state index contributed by atoms with van der Waals surface area (Å²) in [5.41, 5.74) is 2.30. The van der Waals surface area contributed by atoms with Crippen LogP contribution < -0.4 is 0 Å². The van der Waals surface area contributed by atoms with Crippen LogP contribution in [0.25, 0.3) is 0 Å². The highest BCUT2D eigenvalue weighted by atomic mass is 19.1. The lowest BCUT2D eigenvalue weighted by Gasteiger charge is -2.57. The highest BCUT2D eigenvalue weighted by Crippen LogP contribution is 2.42. The Hall–Kier alpha value is -2.72. The number of nitrogens with zero attached hydrogens (tertiary/aromatic N) is 2. The Kier molecular flexibility index (Phi) is 6.90. The number of carbonyl (C=O) groups excluding carboxylic acids is 1. The maximum Gasteiger partial charge on any atom is 0.254 e. The lowest BCUT2D eigenvalue weighted by atomic mass is 9.74. The normalized spacial score (nSPS) is 24.2. The number of hydrogen-bond acceptors (Lipinski definition) is 4. The molecule has 0 bridgehead atoms. The van der Waals surface area contributed by atoms with Gasteiger partial charge in [0.15, 0.2) is 0 Å². The van der Waals surface area contributed by atoms with Crippen molar-refractivity contribution in [3.05, 3.63) is 71.0 Å². The first kappa shape index (κ1) is 22.5. The van der Waals surface area contributed by atoms with E-state index in [2.05, 4.69) is 16.7 Å². The number of aliphatic hydroxyl groups is 2. The van der Waals surface area contributed by atoms with Gasteiger partial charge in [-0.1, -0.05) is 30.0 Å². The van der Waals surface area contributed by atoms with Crippen molar-refractivity contribution in [1.29, 1.82) is 0 Å². The fraction of sp³-hybridized carbons (Fsp3) is 0.423. The minimum Gasteiger partial charge on any atom is -0.395 e. The van der Waals surface area contributed by atoms with E-state index in [4.69, 9.17) is 0 Å². The predicted octanol–water partition coefficient (Wildman–Crippen LogP) is 2.62. The maximum atomic E-state index is 13.7. The van der Waals surface area contributed by atoms with E-state index in [9.17, 15) is 19.4 Å². The van der Waals surface area contributed by atoms with E-state index in [0.29, 0.717) is 18.7 Å². The number of amides is 1. The molecule has 4 rings (SSSR count). The predicted molar refractivity (Wildman–Crippen MR) is 121 cm³/mol. The zero-order valence-corrected chi connectivity index (χ0v) is 18.2. The molecule has 0 radical (unpaired) electrons. The van der Waals surface area contributed by atoms with Gasteiger partial charge in [-0.2, -0.15) is 0 Å². The van der Waals surface area contributed by atoms with Crippen LogP contribution in [0.4, 0.5) is 4.39 Å². The van der Waals surface area contributed by atoms with Crippen molar-refractivity contribution in [2.75, 3.05) is 26.2 Å². The smallest absolute Gasteiger partial charge is 0.254 e. The summed E-state index contributed by atoms with van der Waals surface area (Å²) in [4.78, 5) is 17.2. The molecule has 2 fully saturated rings. The van der Waals surface area contributed by atoms with Crippen LogP contribution in [0.1, 0.15) is 47.2 Å². The third-order valence-corrected chi connectivity index (χ3v) is 6.45. The number of benzene rings is 2. The molecule has 4 atom stereocenters. The van der Waals surface area contributed by atoms with Gasteiger partial charge >= 0.3 is 0 Å². The standard InChI is InChI=1S/C26H29FN2O3/c1-18(31)7-8-19-9-11-20(12-10-19)25-23-16-28(13-2-3-14-29(23)24(25)17-30)26(32)21-5-4-6-22(27)15-21/h4-6,9-12,15,18,23-25,30-31H,2-3,13-14,16-17H2,1H3/t18-,23+,24-,25-/m1/s1. The first-order chi connectivity index (χ1) is 15.5. The summed E-state index contributed by atoms with van der Waals surface area (Å²) in [6, 6.07) is 13.9. The van der Waals surface area contributed by atoms with Crippen LogP contribution in [-0.2, 0) is 0 Å². The van der Waals surface area contributed by atoms with Gasteiger partial charge in [-0.05, 0) is 62.2 Å². The van der Waals surface area contributed by atoms with E-state index in [0.717, 1.165) is 30.5 Å². The van der Waals surface area contributed by atoms with E-state index in [1.54, 1.807) is 19.1 Å². The molecule has 2 aliphatic heterocycles. The van der Waals surface area contributed by atoms with E-state index in [1.165, 1.54) is 12.1 Å². The lowest BCUT2D eigenvalue weighted by molar-refractivity contribution is -0.0606. The summed E-state index contributed by atoms with van der Waals surface area (Å²) < 4.78 is 13.7. The Labute approximate surface area is 188 Å². The van der Waals surface area contributed by atoms with Crippen LogP contribution >= 0.6 is 0 Å². The lowest BCUT2D eigenvalue weighted by Crippen LogP contribution is -2.67. The highest BCUT2D eigenvalue weighted by Gasteiger charge is 2.49. The van der Waals surface area contributed by atoms with Crippen molar-refractivity contribution in [2.45, 2.75) is 43.9 Å². The zero-order valence-electron chi connectivity index (χ0n) is 18.2. The van der Waals surface area contributed by atoms with Gasteiger partial charge in [0.1, 0.15) is 11.9 Å². The Morgan fingerprint density at radius 2 is 1.94 bits per heavy atom. The Morgan fingerprint density at radius 3 is 2.62 bits per heavy atom. The van der Waals surface area contributed by atoms with Gasteiger partial charge in [0.05, 0.1) is 6.61 Å². The van der Waals surface area contributed by atoms with Crippen molar-refractivity contribution >= 4 is 5.91 Å². The van der Waals surface area contributed by atoms with Crippen LogP contribution in [0, 0.1) is 17.7 Å². The third kappa shape index (κ3) is 4.71. The molecular formula is C26H29FN2O3. The first-order valence-electron chi connectivity index (χ1n) is 11.2. The van der Waals surface area contributed by atoms with Gasteiger partial charge in [0, 0.05) is 42.2 Å². The second kappa shape index (κ2) is 9.83. The summed E-state index contributed by atoms with van der Waals surface area (Å²) in [5, 5.41) is 19.4. The minimum absolute atomic E-state index is 0.0126. The molecule has 168 valence electrons. The fourth-order valence-corrected chi connectivity index (χ4v) is 4.91. The molecule has 0 unspecified atom stereocenters. The van der Waals surface area contributed by atoms with Gasteiger partial charge in [-0.15, -0.1) is 0 Å². The average Bonchev–Trinajstić information content (AvgIpc) is 2.77. The van der Waals surface area contributed by atoms with Crippen LogP contribution in [0.5, 0.6) is 0 Å². The summed E-state index contributed by atoms with van der Waals surface area (Å²) in [7, 11) is 0. The summed E-state index contributed by atoms with van der Waals surface area (Å²) in [6.45, 7) is 3.76. The second-order valence-electron chi connectivity index (χ2n) is 8.62. The fourth-order valence-electron chi connectivity index (χ4n) is 4.91. The molecule has 32 heavy (non-hydrogen) atoms. The average molecular weight is 437 g/mol. The second-order valence-corrected chi connectivity index (χ2v) is 8.62. The molecule has 0 aromatic heterocycles. The van der Waals surface area contributed by atoms with E-state index in [1.807, 2.05) is 29.2 Å². The van der Waals surface area contributed by atoms with Crippen LogP contribution in [0.2, 0.25) is 0 Å². The first-order valence-corrected chi connectivity index (χ1v) is 11.2. The number of carbonyl (C=O) groups is 1. The number of aliphatic hydroxyl groups excluding tert-OH is 2. The largest absolute Gasteiger partial charge is 0.395 e. The molecule has 2 aromatic carbocycles. The summed E-state index contributed by atoms with van der Waals surface area (Å²) in [6.07, 6.45) is 1.15. The molecule has 6 heteroatoms. The van der Waals surface area contributed by atoms with E-state index in [-0.39, 0.29) is 30.5 Å². The van der Waals surface area contributed by atoms with E-state index < -0.39 is 11.9 Å². The van der Waals surface area contributed by atoms with Gasteiger partial charge in [0.25, 0.3) is 5.91 Å². The zero-order chi connectivity index (χ0) is 22.7. The molecule has 2 N–H and O–H groups in total. The summed E-state index contributed by atoms with van der Waals surface area (Å²) in [5.74, 6) is 5.22. The molecule has 5 nitrogen and oxygen atoms in total. The topological polar surface area (TPSA) is 64.0 Å². The van der Waals surface area contributed by atoms with Crippen molar-refractivity contribution in [1.82, 2.24) is 9.80 Å². The maximum absolute atomic E-state index is 13.7. The molecular weight excluding hydrogens is 407 g/mol. The molecule has 0 saturated carbocycles. The van der Waals surface area contributed by atoms with Crippen LogP contribution in [-0.4, -0.2) is 70.3 Å². The van der Waals surface area contributed by atoms with Crippen LogP contribution in [0.15, 0.2) is 48.5 Å². The Morgan fingerprint density at radius 1 is 1.19 bits per heavy atom. The van der Waals surface area contributed by atoms with Crippen molar-refractivity contribution in [2.24, 2.45) is 0 Å². The molecule has 0 spiro atoms. The van der Waals surface area contributed by atoms with Crippen LogP contribution in [0.3, 0.4) is 0 Å². The molecule has 0 aliphatic carbocycles. The van der Waals surface area contributed by atoms with Gasteiger partial charge in [-0.3, -0.25) is 9.69 Å². The number of halogens is 1. The molecule has 2 saturated heterocycles. The minimum atomic E-state index is -0.676. The molecule has 2 heterocycles. The van der Waals surface area contributed by atoms with Gasteiger partial charge < -0.3 is 15.1 Å². The molecule has 1 amide bonds. The van der Waals surface area contributed by atoms with Gasteiger partial charge in [0.2, 0.25) is 0 Å². The Bertz CT molecular complexity index is 1010. The van der Waals surface area contributed by atoms with Crippen molar-refractivity contribution < 1.29 is 19.4 Å². The number of rotatable bonds is 3. The van der Waals surface area contributed by atoms with Crippen molar-refractivity contribution in [3.63, 3.8) is 0 Å². The number of fused-ring (bicyclic) bond motifs is 1. The third-order valence-electron chi connectivity index (χ3n) is 6.45. The molecule has 2 aliphatic rings. The SMILES string of the molecule is C[C@@H](O)C#Cc1ccc([C@H]2[C@@H](CO)N3CCCCN(C(=O)c4cccc(F)c4)C[C@@H]23)cc1.